The van der Waals surface area contributed by atoms with Crippen LogP contribution in [0.15, 0.2) is 11.6 Å². The first-order valence-corrected chi connectivity index (χ1v) is 23.7. The maximum absolute atomic E-state index is 14.7. The summed E-state index contributed by atoms with van der Waals surface area (Å²) in [5.74, 6) is -8.90. The molecule has 5 aliphatic carbocycles. The lowest BCUT2D eigenvalue weighted by Gasteiger charge is -2.71. The molecule has 0 aromatic carbocycles. The number of esters is 1. The number of aliphatic hydroxyl groups excluding tert-OH is 5. The third-order valence-electron chi connectivity index (χ3n) is 18.7. The van der Waals surface area contributed by atoms with Gasteiger partial charge in [0.1, 0.15) is 49.3 Å². The molecule has 0 amide bonds. The number of carboxylic acid groups (broad SMARTS) is 3. The smallest absolute Gasteiger partial charge is 0.369 e. The van der Waals surface area contributed by atoms with Crippen LogP contribution in [0, 0.1) is 50.2 Å². The minimum Gasteiger partial charge on any atom is -0.480 e. The molecule has 0 aromatic rings. The molecule has 67 heavy (non-hydrogen) atoms. The summed E-state index contributed by atoms with van der Waals surface area (Å²) in [6.07, 6.45) is -10.4. The first-order chi connectivity index (χ1) is 31.1. The molecule has 0 aromatic heterocycles. The van der Waals surface area contributed by atoms with Crippen LogP contribution in [0.3, 0.4) is 0 Å². The van der Waals surface area contributed by atoms with E-state index in [1.54, 1.807) is 0 Å². The Kier molecular flexibility index (Phi) is 13.0. The summed E-state index contributed by atoms with van der Waals surface area (Å²) in [5, 5.41) is 92.8. The van der Waals surface area contributed by atoms with Crippen LogP contribution in [0.25, 0.3) is 0 Å². The summed E-state index contributed by atoms with van der Waals surface area (Å²) in [5.41, 5.74) is -1.15. The van der Waals surface area contributed by atoms with Crippen LogP contribution in [-0.2, 0) is 52.3 Å². The molecule has 9 N–H and O–H groups in total. The first kappa shape index (κ1) is 50.5. The molecule has 4 saturated carbocycles. The molecule has 3 saturated heterocycles. The van der Waals surface area contributed by atoms with Crippen molar-refractivity contribution in [1.82, 2.24) is 0 Å². The number of carboxylic acids is 3. The van der Waals surface area contributed by atoms with Gasteiger partial charge in [0.25, 0.3) is 0 Å². The Morgan fingerprint density at radius 1 is 0.761 bits per heavy atom. The van der Waals surface area contributed by atoms with E-state index in [0.717, 1.165) is 32.1 Å². The van der Waals surface area contributed by atoms with Crippen molar-refractivity contribution < 1.29 is 98.3 Å². The Balaban J connectivity index is 1.06. The lowest BCUT2D eigenvalue weighted by molar-refractivity contribution is -0.443. The molecular formula is C47H70O20. The highest BCUT2D eigenvalue weighted by molar-refractivity contribution is 5.79. The fourth-order valence-electron chi connectivity index (χ4n) is 14.7. The van der Waals surface area contributed by atoms with Gasteiger partial charge < -0.3 is 79.1 Å². The highest BCUT2D eigenvalue weighted by atomic mass is 16.8. The van der Waals surface area contributed by atoms with Crippen molar-refractivity contribution in [3.63, 3.8) is 0 Å². The zero-order chi connectivity index (χ0) is 49.2. The summed E-state index contributed by atoms with van der Waals surface area (Å²) in [6.45, 7) is 14.0. The maximum Gasteiger partial charge on any atom is 0.369 e. The highest BCUT2D eigenvalue weighted by Crippen LogP contribution is 2.76. The zero-order valence-corrected chi connectivity index (χ0v) is 39.2. The maximum atomic E-state index is 14.7. The highest BCUT2D eigenvalue weighted by Gasteiger charge is 2.71. The number of carbonyl (C=O) groups excluding carboxylic acids is 1. The molecule has 3 aliphatic heterocycles. The van der Waals surface area contributed by atoms with Crippen molar-refractivity contribution in [1.29, 1.82) is 0 Å². The molecule has 0 radical (unpaired) electrons. The van der Waals surface area contributed by atoms with E-state index >= 15 is 0 Å². The topological polar surface area (TPSA) is 315 Å². The quantitative estimate of drug-likeness (QED) is 0.0854. The van der Waals surface area contributed by atoms with Gasteiger partial charge in [-0.15, -0.1) is 0 Å². The number of ether oxygens (including phenoxy) is 7. The van der Waals surface area contributed by atoms with Gasteiger partial charge in [-0.25, -0.2) is 14.4 Å². The van der Waals surface area contributed by atoms with E-state index in [0.29, 0.717) is 32.1 Å². The third-order valence-corrected chi connectivity index (χ3v) is 18.7. The van der Waals surface area contributed by atoms with Gasteiger partial charge in [0.05, 0.1) is 18.1 Å². The second kappa shape index (κ2) is 17.2. The van der Waals surface area contributed by atoms with Gasteiger partial charge >= 0.3 is 29.7 Å². The Morgan fingerprint density at radius 3 is 2.09 bits per heavy atom. The summed E-state index contributed by atoms with van der Waals surface area (Å²) < 4.78 is 40.5. The number of hydrogen-bond acceptors (Lipinski definition) is 17. The Hall–Kier alpha value is -2.86. The molecule has 0 bridgehead atoms. The molecule has 7 fully saturated rings. The Morgan fingerprint density at radius 2 is 1.45 bits per heavy atom. The summed E-state index contributed by atoms with van der Waals surface area (Å²) in [7, 11) is 0. The van der Waals surface area contributed by atoms with E-state index < -0.39 is 128 Å². The monoisotopic (exact) mass is 954 g/mol. The molecule has 8 rings (SSSR count). The van der Waals surface area contributed by atoms with Gasteiger partial charge in [-0.2, -0.15) is 0 Å². The average molecular weight is 955 g/mol. The number of carbonyl (C=O) groups is 4. The molecule has 20 heteroatoms. The normalized spacial score (nSPS) is 49.9. The van der Waals surface area contributed by atoms with Gasteiger partial charge in [-0.3, -0.25) is 4.79 Å². The van der Waals surface area contributed by atoms with Crippen molar-refractivity contribution >= 4 is 23.9 Å². The summed E-state index contributed by atoms with van der Waals surface area (Å²) >= 11 is 0. The van der Waals surface area contributed by atoms with E-state index in [4.69, 9.17) is 33.2 Å². The molecule has 0 unspecified atom stereocenters. The molecule has 8 aliphatic rings. The predicted octanol–water partition coefficient (Wildman–Crippen LogP) is 1.67. The van der Waals surface area contributed by atoms with E-state index in [2.05, 4.69) is 54.5 Å². The number of fused-ring (bicyclic) bond motifs is 8. The van der Waals surface area contributed by atoms with Crippen molar-refractivity contribution in [2.75, 3.05) is 13.2 Å². The largest absolute Gasteiger partial charge is 0.480 e. The SMILES string of the molecule is CC1(C)CC[C@]2(C(=O)O[C@@H]3O[C@H](CO)[C@@H](O)[C@H](O)[C@H]3O)CC[C@]3(C)C(=CC[C@@H]4[C@@]5(C)CC[C@H](O[C@@H]6O[C@H](C(=O)O)[C@@H](O)[C@@H]7O[C@](O)(C(=O)O)[C@@H](OCC(=O)O)O[C@@H]67)C(C)(C)[C@@H]5CC[C@]43C)[C@@H]2C1. The third kappa shape index (κ3) is 7.78. The molecular weight excluding hydrogens is 884 g/mol. The second-order valence-corrected chi connectivity index (χ2v) is 22.9. The molecule has 0 spiro atoms. The van der Waals surface area contributed by atoms with Gasteiger partial charge in [0.2, 0.25) is 12.6 Å². The fourth-order valence-corrected chi connectivity index (χ4v) is 14.7. The van der Waals surface area contributed by atoms with Crippen LogP contribution in [-0.4, -0.2) is 163 Å². The van der Waals surface area contributed by atoms with Gasteiger partial charge in [0, 0.05) is 0 Å². The van der Waals surface area contributed by atoms with E-state index in [9.17, 15) is 65.1 Å². The average Bonchev–Trinajstić information content (AvgIpc) is 3.24. The van der Waals surface area contributed by atoms with Crippen molar-refractivity contribution in [3.05, 3.63) is 11.6 Å². The zero-order valence-electron chi connectivity index (χ0n) is 39.2. The lowest BCUT2D eigenvalue weighted by Crippen LogP contribution is -2.72. The molecule has 20 atom stereocenters. The summed E-state index contributed by atoms with van der Waals surface area (Å²) in [6, 6.07) is 0. The van der Waals surface area contributed by atoms with Crippen molar-refractivity contribution in [2.24, 2.45) is 50.2 Å². The minimum absolute atomic E-state index is 0.0627. The van der Waals surface area contributed by atoms with E-state index in [-0.39, 0.29) is 39.4 Å². The van der Waals surface area contributed by atoms with Gasteiger partial charge in [-0.1, -0.05) is 60.1 Å². The number of allylic oxidation sites excluding steroid dienone is 2. The van der Waals surface area contributed by atoms with Gasteiger partial charge in [-0.05, 0) is 109 Å². The van der Waals surface area contributed by atoms with Crippen LogP contribution in [0.1, 0.15) is 113 Å². The van der Waals surface area contributed by atoms with Crippen molar-refractivity contribution in [2.45, 2.75) is 192 Å². The van der Waals surface area contributed by atoms with Crippen LogP contribution >= 0.6 is 0 Å². The van der Waals surface area contributed by atoms with E-state index in [1.807, 2.05) is 0 Å². The minimum atomic E-state index is -3.32. The number of aliphatic hydroxyl groups is 6. The first-order valence-electron chi connectivity index (χ1n) is 23.7. The van der Waals surface area contributed by atoms with Crippen LogP contribution in [0.2, 0.25) is 0 Å². The van der Waals surface area contributed by atoms with Crippen LogP contribution < -0.4 is 0 Å². The predicted molar refractivity (Wildman–Crippen MR) is 226 cm³/mol. The standard InChI is InChI=1S/C47H70O20/c1-41(2)14-16-46(39(59)66-36-30(53)29(52)28(51)23(19-48)62-36)17-15-44(6)21(22(46)18-41)8-9-25-43(5)12-11-26(42(3,4)24(43)10-13-45(25,44)7)63-37-34-32(31(54)33(64-37)35(55)56)67-47(60,38(57)58)40(65-34)61-20-27(49)50/h8,22-26,28-34,36-37,40,48,51-54,60H,9-20H2,1-7H3,(H,49,50)(H,55,56)(H,57,58)/t22-,23+,24-,25+,26-,28+,29-,30+,31-,32-,33-,34+,36-,37+,40-,43-,44+,45+,46-,47+/m0/s1. The second-order valence-electron chi connectivity index (χ2n) is 22.9. The van der Waals surface area contributed by atoms with Crippen molar-refractivity contribution in [3.8, 4) is 0 Å². The fraction of sp³-hybridized carbons (Fsp3) is 0.872. The number of aliphatic carboxylic acids is 3. The number of hydrogen-bond donors (Lipinski definition) is 9. The lowest BCUT2D eigenvalue weighted by atomic mass is 9.33. The van der Waals surface area contributed by atoms with Crippen LogP contribution in [0.5, 0.6) is 0 Å². The Bertz CT molecular complexity index is 1990. The Labute approximate surface area is 388 Å². The molecule has 3 heterocycles. The summed E-state index contributed by atoms with van der Waals surface area (Å²) in [4.78, 5) is 50.7. The van der Waals surface area contributed by atoms with Crippen LogP contribution in [0.4, 0.5) is 0 Å². The molecule has 378 valence electrons. The number of rotatable bonds is 10. The molecule has 20 nitrogen and oxygen atoms in total. The van der Waals surface area contributed by atoms with E-state index in [1.165, 1.54) is 5.57 Å². The van der Waals surface area contributed by atoms with Gasteiger partial charge in [0.15, 0.2) is 12.4 Å².